The van der Waals surface area contributed by atoms with E-state index in [2.05, 4.69) is 10.0 Å². The normalized spacial score (nSPS) is 11.8. The van der Waals surface area contributed by atoms with E-state index in [1.165, 1.54) is 12.1 Å². The molecule has 8 heteroatoms. The largest absolute Gasteiger partial charge is 0.350 e. The second-order valence-electron chi connectivity index (χ2n) is 5.38. The number of halogens is 1. The number of nitrogens with one attached hydrogen (secondary N) is 2. The van der Waals surface area contributed by atoms with Crippen LogP contribution in [0, 0.1) is 11.3 Å². The van der Waals surface area contributed by atoms with E-state index >= 15 is 0 Å². The van der Waals surface area contributed by atoms with E-state index in [0.29, 0.717) is 0 Å². The Labute approximate surface area is 129 Å². The Balaban J connectivity index is 2.89. The van der Waals surface area contributed by atoms with Crippen LogP contribution in [0.5, 0.6) is 0 Å². The summed E-state index contributed by atoms with van der Waals surface area (Å²) in [7, 11) is -3.97. The van der Waals surface area contributed by atoms with Crippen LogP contribution in [0.2, 0.25) is 5.02 Å². The molecule has 0 aliphatic carbocycles. The third-order valence-corrected chi connectivity index (χ3v) is 4.17. The Kier molecular flexibility index (Phi) is 5.34. The summed E-state index contributed by atoms with van der Waals surface area (Å²) in [5.41, 5.74) is -0.292. The maximum Gasteiger partial charge on any atom is 0.242 e. The summed E-state index contributed by atoms with van der Waals surface area (Å²) in [6.45, 7) is 4.94. The van der Waals surface area contributed by atoms with Crippen molar-refractivity contribution in [2.24, 2.45) is 0 Å². The maximum atomic E-state index is 12.1. The highest BCUT2D eigenvalue weighted by atomic mass is 35.5. The van der Waals surface area contributed by atoms with E-state index in [9.17, 15) is 13.2 Å². The molecule has 0 radical (unpaired) electrons. The molecule has 114 valence electrons. The molecule has 0 saturated carbocycles. The standard InChI is InChI=1S/C13H16ClN3O3S/c1-13(2,3)17-12(18)8-16-21(19,20)11-6-9(7-15)4-5-10(11)14/h4-6,16H,8H2,1-3H3,(H,17,18). The van der Waals surface area contributed by atoms with Gasteiger partial charge in [0.15, 0.2) is 0 Å². The number of carbonyl (C=O) groups excluding carboxylic acids is 1. The van der Waals surface area contributed by atoms with Crippen molar-refractivity contribution in [2.75, 3.05) is 6.54 Å². The molecule has 0 aliphatic heterocycles. The zero-order valence-corrected chi connectivity index (χ0v) is 13.5. The Hall–Kier alpha value is -1.62. The number of nitrogens with zero attached hydrogens (tertiary/aromatic N) is 1. The van der Waals surface area contributed by atoms with Crippen LogP contribution < -0.4 is 10.0 Å². The molecule has 21 heavy (non-hydrogen) atoms. The van der Waals surface area contributed by atoms with E-state index in [4.69, 9.17) is 16.9 Å². The van der Waals surface area contributed by atoms with Crippen molar-refractivity contribution in [3.05, 3.63) is 28.8 Å². The van der Waals surface area contributed by atoms with E-state index in [-0.39, 0.29) is 15.5 Å². The summed E-state index contributed by atoms with van der Waals surface area (Å²) in [6.07, 6.45) is 0. The lowest BCUT2D eigenvalue weighted by Gasteiger charge is -2.20. The molecule has 1 rings (SSSR count). The van der Waals surface area contributed by atoms with Gasteiger partial charge >= 0.3 is 0 Å². The van der Waals surface area contributed by atoms with Gasteiger partial charge < -0.3 is 5.32 Å². The summed E-state index contributed by atoms with van der Waals surface area (Å²) in [5, 5.41) is 11.4. The number of hydrogen-bond acceptors (Lipinski definition) is 4. The topological polar surface area (TPSA) is 99.1 Å². The Bertz CT molecular complexity index is 688. The lowest BCUT2D eigenvalue weighted by Crippen LogP contribution is -2.45. The van der Waals surface area contributed by atoms with Crippen molar-refractivity contribution in [2.45, 2.75) is 31.2 Å². The van der Waals surface area contributed by atoms with Crippen molar-refractivity contribution in [1.29, 1.82) is 5.26 Å². The number of amides is 1. The van der Waals surface area contributed by atoms with Gasteiger partial charge in [-0.05, 0) is 39.0 Å². The summed E-state index contributed by atoms with van der Waals surface area (Å²) >= 11 is 5.83. The predicted octanol–water partition coefficient (Wildman–Crippen LogP) is 1.40. The van der Waals surface area contributed by atoms with Gasteiger partial charge in [-0.3, -0.25) is 4.79 Å². The van der Waals surface area contributed by atoms with E-state index in [1.807, 2.05) is 6.07 Å². The van der Waals surface area contributed by atoms with Gasteiger partial charge in [-0.25, -0.2) is 13.1 Å². The summed E-state index contributed by atoms with van der Waals surface area (Å²) in [5.74, 6) is -0.460. The first-order valence-corrected chi connectivity index (χ1v) is 7.91. The van der Waals surface area contributed by atoms with Gasteiger partial charge in [0.1, 0.15) is 4.90 Å². The van der Waals surface area contributed by atoms with Crippen LogP contribution in [-0.4, -0.2) is 26.4 Å². The molecule has 0 saturated heterocycles. The minimum absolute atomic E-state index is 0.0160. The molecular formula is C13H16ClN3O3S. The molecular weight excluding hydrogens is 314 g/mol. The fourth-order valence-electron chi connectivity index (χ4n) is 1.48. The molecule has 1 aromatic rings. The van der Waals surface area contributed by atoms with Gasteiger partial charge in [-0.2, -0.15) is 5.26 Å². The SMILES string of the molecule is CC(C)(C)NC(=O)CNS(=O)(=O)c1cc(C#N)ccc1Cl. The first-order valence-electron chi connectivity index (χ1n) is 6.05. The van der Waals surface area contributed by atoms with Crippen molar-refractivity contribution in [1.82, 2.24) is 10.0 Å². The first-order chi connectivity index (χ1) is 9.55. The average Bonchev–Trinajstić information content (AvgIpc) is 2.35. The van der Waals surface area contributed by atoms with E-state index in [1.54, 1.807) is 20.8 Å². The highest BCUT2D eigenvalue weighted by molar-refractivity contribution is 7.89. The van der Waals surface area contributed by atoms with Crippen molar-refractivity contribution >= 4 is 27.5 Å². The monoisotopic (exact) mass is 329 g/mol. The molecule has 2 N–H and O–H groups in total. The quantitative estimate of drug-likeness (QED) is 0.872. The van der Waals surface area contributed by atoms with Crippen LogP contribution in [0.25, 0.3) is 0 Å². The minimum atomic E-state index is -3.97. The molecule has 0 unspecified atom stereocenters. The van der Waals surface area contributed by atoms with Crippen LogP contribution in [0.4, 0.5) is 0 Å². The van der Waals surface area contributed by atoms with Crippen LogP contribution >= 0.6 is 11.6 Å². The van der Waals surface area contributed by atoms with Gasteiger partial charge in [-0.15, -0.1) is 0 Å². The second kappa shape index (κ2) is 6.43. The van der Waals surface area contributed by atoms with Crippen LogP contribution in [0.3, 0.4) is 0 Å². The Morgan fingerprint density at radius 2 is 2.00 bits per heavy atom. The summed E-state index contributed by atoms with van der Waals surface area (Å²) in [6, 6.07) is 5.73. The van der Waals surface area contributed by atoms with Gasteiger partial charge in [0.05, 0.1) is 23.2 Å². The Morgan fingerprint density at radius 1 is 1.38 bits per heavy atom. The predicted molar refractivity (Wildman–Crippen MR) is 79.3 cm³/mol. The van der Waals surface area contributed by atoms with Crippen molar-refractivity contribution in [3.8, 4) is 6.07 Å². The second-order valence-corrected chi connectivity index (χ2v) is 7.52. The number of benzene rings is 1. The minimum Gasteiger partial charge on any atom is -0.350 e. The number of sulfonamides is 1. The van der Waals surface area contributed by atoms with Crippen molar-refractivity contribution < 1.29 is 13.2 Å². The molecule has 1 amide bonds. The molecule has 0 aliphatic rings. The number of nitriles is 1. The molecule has 0 heterocycles. The van der Waals surface area contributed by atoms with Gasteiger partial charge in [0.25, 0.3) is 0 Å². The third kappa shape index (κ3) is 5.34. The highest BCUT2D eigenvalue weighted by Gasteiger charge is 2.21. The van der Waals surface area contributed by atoms with E-state index in [0.717, 1.165) is 6.07 Å². The van der Waals surface area contributed by atoms with Gasteiger partial charge in [0, 0.05) is 5.54 Å². The first kappa shape index (κ1) is 17.4. The van der Waals surface area contributed by atoms with Crippen LogP contribution in [-0.2, 0) is 14.8 Å². The number of carbonyl (C=O) groups is 1. The lowest BCUT2D eigenvalue weighted by atomic mass is 10.1. The molecule has 0 spiro atoms. The average molecular weight is 330 g/mol. The highest BCUT2D eigenvalue weighted by Crippen LogP contribution is 2.22. The summed E-state index contributed by atoms with van der Waals surface area (Å²) in [4.78, 5) is 11.4. The number of rotatable bonds is 4. The molecule has 0 aromatic heterocycles. The molecule has 0 atom stereocenters. The number of hydrogen-bond donors (Lipinski definition) is 2. The van der Waals surface area contributed by atoms with Gasteiger partial charge in [-0.1, -0.05) is 11.6 Å². The fourth-order valence-corrected chi connectivity index (χ4v) is 2.99. The van der Waals surface area contributed by atoms with Gasteiger partial charge in [0.2, 0.25) is 15.9 Å². The molecule has 0 fully saturated rings. The zero-order valence-electron chi connectivity index (χ0n) is 11.9. The zero-order chi connectivity index (χ0) is 16.3. The Morgan fingerprint density at radius 3 is 2.52 bits per heavy atom. The van der Waals surface area contributed by atoms with E-state index < -0.39 is 28.0 Å². The molecule has 6 nitrogen and oxygen atoms in total. The summed E-state index contributed by atoms with van der Waals surface area (Å²) < 4.78 is 26.4. The smallest absolute Gasteiger partial charge is 0.242 e. The maximum absolute atomic E-state index is 12.1. The van der Waals surface area contributed by atoms with Crippen molar-refractivity contribution in [3.63, 3.8) is 0 Å². The fraction of sp³-hybridized carbons (Fsp3) is 0.385. The third-order valence-electron chi connectivity index (χ3n) is 2.29. The van der Waals surface area contributed by atoms with Crippen LogP contribution in [0.1, 0.15) is 26.3 Å². The lowest BCUT2D eigenvalue weighted by molar-refractivity contribution is -0.121. The molecule has 1 aromatic carbocycles. The molecule has 0 bridgehead atoms. The van der Waals surface area contributed by atoms with Crippen LogP contribution in [0.15, 0.2) is 23.1 Å².